The van der Waals surface area contributed by atoms with E-state index in [2.05, 4.69) is 17.4 Å². The Kier molecular flexibility index (Phi) is 7.75. The number of carbonyl (C=O) groups excluding carboxylic acids is 1. The summed E-state index contributed by atoms with van der Waals surface area (Å²) in [6.45, 7) is 4.66. The molecule has 138 valence electrons. The first-order chi connectivity index (χ1) is 12.6. The number of nitrogens with one attached hydrogen (secondary N) is 1. The van der Waals surface area contributed by atoms with Gasteiger partial charge in [-0.1, -0.05) is 30.3 Å². The lowest BCUT2D eigenvalue weighted by atomic mass is 10.1. The minimum atomic E-state index is -0.104. The Bertz CT molecular complexity index is 738. The first-order valence-corrected chi connectivity index (χ1v) is 8.93. The lowest BCUT2D eigenvalue weighted by molar-refractivity contribution is -0.116. The van der Waals surface area contributed by atoms with Crippen molar-refractivity contribution in [3.63, 3.8) is 0 Å². The molecule has 0 saturated heterocycles. The molecule has 2 aromatic carbocycles. The van der Waals surface area contributed by atoms with E-state index in [1.165, 1.54) is 11.6 Å². The molecule has 0 aliphatic heterocycles. The van der Waals surface area contributed by atoms with Crippen LogP contribution in [-0.4, -0.2) is 25.7 Å². The molecule has 1 N–H and O–H groups in total. The van der Waals surface area contributed by atoms with E-state index in [-0.39, 0.29) is 12.0 Å². The molecule has 26 heavy (non-hydrogen) atoms. The normalized spacial score (nSPS) is 10.9. The second-order valence-corrected chi connectivity index (χ2v) is 6.28. The van der Waals surface area contributed by atoms with Gasteiger partial charge in [0, 0.05) is 18.2 Å². The van der Waals surface area contributed by atoms with Gasteiger partial charge in [0.25, 0.3) is 0 Å². The van der Waals surface area contributed by atoms with Gasteiger partial charge in [-0.25, -0.2) is 0 Å². The highest BCUT2D eigenvalue weighted by atomic mass is 16.5. The standard InChI is InChI=1S/C22H27NO3/c1-17(2)26-20-11-6-8-18(16-20)9-7-15-23-22(24)14-13-19-10-4-5-12-21(19)25-3/h4-6,8,10-14,16-17H,7,9,15H2,1-3H3,(H,23,24)/b14-13+. The van der Waals surface area contributed by atoms with Crippen LogP contribution in [0.1, 0.15) is 31.4 Å². The van der Waals surface area contributed by atoms with Gasteiger partial charge in [-0.3, -0.25) is 4.79 Å². The molecule has 0 saturated carbocycles. The van der Waals surface area contributed by atoms with Gasteiger partial charge < -0.3 is 14.8 Å². The van der Waals surface area contributed by atoms with Crippen LogP contribution in [0.25, 0.3) is 6.08 Å². The highest BCUT2D eigenvalue weighted by Crippen LogP contribution is 2.18. The highest BCUT2D eigenvalue weighted by molar-refractivity contribution is 5.92. The summed E-state index contributed by atoms with van der Waals surface area (Å²) in [6.07, 6.45) is 5.24. The fourth-order valence-corrected chi connectivity index (χ4v) is 2.58. The van der Waals surface area contributed by atoms with Crippen molar-refractivity contribution in [3.8, 4) is 11.5 Å². The number of rotatable bonds is 9. The molecule has 0 aliphatic carbocycles. The predicted molar refractivity (Wildman–Crippen MR) is 106 cm³/mol. The molecule has 0 aliphatic rings. The Labute approximate surface area is 155 Å². The Balaban J connectivity index is 1.76. The van der Waals surface area contributed by atoms with E-state index in [9.17, 15) is 4.79 Å². The van der Waals surface area contributed by atoms with Crippen LogP contribution in [0.4, 0.5) is 0 Å². The molecule has 2 rings (SSSR count). The number of methoxy groups -OCH3 is 1. The fourth-order valence-electron chi connectivity index (χ4n) is 2.58. The summed E-state index contributed by atoms with van der Waals surface area (Å²) < 4.78 is 11.0. The monoisotopic (exact) mass is 353 g/mol. The first-order valence-electron chi connectivity index (χ1n) is 8.93. The van der Waals surface area contributed by atoms with Gasteiger partial charge in [0.05, 0.1) is 13.2 Å². The van der Waals surface area contributed by atoms with Crippen LogP contribution < -0.4 is 14.8 Å². The van der Waals surface area contributed by atoms with Crippen LogP contribution in [0.15, 0.2) is 54.6 Å². The third-order valence-corrected chi connectivity index (χ3v) is 3.76. The van der Waals surface area contributed by atoms with E-state index in [1.807, 2.05) is 50.2 Å². The molecule has 0 atom stereocenters. The van der Waals surface area contributed by atoms with Crippen molar-refractivity contribution >= 4 is 12.0 Å². The Morgan fingerprint density at radius 1 is 1.15 bits per heavy atom. The summed E-state index contributed by atoms with van der Waals surface area (Å²) in [4.78, 5) is 11.9. The van der Waals surface area contributed by atoms with E-state index < -0.39 is 0 Å². The fraction of sp³-hybridized carbons (Fsp3) is 0.318. The number of hydrogen-bond acceptors (Lipinski definition) is 3. The Morgan fingerprint density at radius 2 is 1.96 bits per heavy atom. The van der Waals surface area contributed by atoms with Crippen LogP contribution in [0.2, 0.25) is 0 Å². The molecule has 0 spiro atoms. The first kappa shape index (κ1) is 19.6. The summed E-state index contributed by atoms with van der Waals surface area (Å²) >= 11 is 0. The third-order valence-electron chi connectivity index (χ3n) is 3.76. The molecule has 4 heteroatoms. The van der Waals surface area contributed by atoms with Gasteiger partial charge in [-0.15, -0.1) is 0 Å². The van der Waals surface area contributed by atoms with Crippen LogP contribution >= 0.6 is 0 Å². The summed E-state index contributed by atoms with van der Waals surface area (Å²) in [6, 6.07) is 15.7. The summed E-state index contributed by atoms with van der Waals surface area (Å²) in [5.41, 5.74) is 2.09. The van der Waals surface area contributed by atoms with Crippen molar-refractivity contribution in [2.24, 2.45) is 0 Å². The topological polar surface area (TPSA) is 47.6 Å². The predicted octanol–water partition coefficient (Wildman–Crippen LogP) is 4.24. The maximum Gasteiger partial charge on any atom is 0.244 e. The molecular formula is C22H27NO3. The maximum absolute atomic E-state index is 11.9. The minimum absolute atomic E-state index is 0.104. The third kappa shape index (κ3) is 6.63. The quantitative estimate of drug-likeness (QED) is 0.542. The van der Waals surface area contributed by atoms with Crippen LogP contribution in [0.3, 0.4) is 0 Å². The molecule has 0 heterocycles. The second-order valence-electron chi connectivity index (χ2n) is 6.28. The molecule has 0 unspecified atom stereocenters. The number of carbonyl (C=O) groups is 1. The largest absolute Gasteiger partial charge is 0.496 e. The lowest BCUT2D eigenvalue weighted by Gasteiger charge is -2.11. The van der Waals surface area contributed by atoms with Gasteiger partial charge >= 0.3 is 0 Å². The van der Waals surface area contributed by atoms with Gasteiger partial charge in [0.2, 0.25) is 5.91 Å². The highest BCUT2D eigenvalue weighted by Gasteiger charge is 2.01. The van der Waals surface area contributed by atoms with Crippen molar-refractivity contribution in [2.45, 2.75) is 32.8 Å². The average molecular weight is 353 g/mol. The second kappa shape index (κ2) is 10.3. The van der Waals surface area contributed by atoms with Gasteiger partial charge in [0.15, 0.2) is 0 Å². The molecule has 4 nitrogen and oxygen atoms in total. The molecule has 0 bridgehead atoms. The zero-order chi connectivity index (χ0) is 18.8. The number of amides is 1. The number of aryl methyl sites for hydroxylation is 1. The molecule has 0 fully saturated rings. The SMILES string of the molecule is COc1ccccc1/C=C/C(=O)NCCCc1cccc(OC(C)C)c1. The summed E-state index contributed by atoms with van der Waals surface area (Å²) in [7, 11) is 1.62. The number of para-hydroxylation sites is 1. The maximum atomic E-state index is 11.9. The zero-order valence-corrected chi connectivity index (χ0v) is 15.7. The van der Waals surface area contributed by atoms with Gasteiger partial charge in [0.1, 0.15) is 11.5 Å². The number of ether oxygens (including phenoxy) is 2. The summed E-state index contributed by atoms with van der Waals surface area (Å²) in [5.74, 6) is 1.54. The number of benzene rings is 2. The Morgan fingerprint density at radius 3 is 2.73 bits per heavy atom. The molecule has 1 amide bonds. The Hall–Kier alpha value is -2.75. The molecule has 0 aromatic heterocycles. The lowest BCUT2D eigenvalue weighted by Crippen LogP contribution is -2.22. The van der Waals surface area contributed by atoms with Crippen molar-refractivity contribution in [1.82, 2.24) is 5.32 Å². The molecule has 2 aromatic rings. The van der Waals surface area contributed by atoms with Crippen LogP contribution in [0, 0.1) is 0 Å². The van der Waals surface area contributed by atoms with Crippen molar-refractivity contribution in [1.29, 1.82) is 0 Å². The van der Waals surface area contributed by atoms with Gasteiger partial charge in [-0.05, 0) is 56.5 Å². The van der Waals surface area contributed by atoms with E-state index in [1.54, 1.807) is 13.2 Å². The average Bonchev–Trinajstić information content (AvgIpc) is 2.63. The van der Waals surface area contributed by atoms with Crippen molar-refractivity contribution in [2.75, 3.05) is 13.7 Å². The van der Waals surface area contributed by atoms with E-state index >= 15 is 0 Å². The van der Waals surface area contributed by atoms with Crippen molar-refractivity contribution in [3.05, 3.63) is 65.7 Å². The van der Waals surface area contributed by atoms with E-state index in [0.29, 0.717) is 6.54 Å². The van der Waals surface area contributed by atoms with Crippen molar-refractivity contribution < 1.29 is 14.3 Å². The van der Waals surface area contributed by atoms with E-state index in [4.69, 9.17) is 9.47 Å². The number of hydrogen-bond donors (Lipinski definition) is 1. The van der Waals surface area contributed by atoms with Crippen LogP contribution in [0.5, 0.6) is 11.5 Å². The molecular weight excluding hydrogens is 326 g/mol. The smallest absolute Gasteiger partial charge is 0.244 e. The van der Waals surface area contributed by atoms with Crippen LogP contribution in [-0.2, 0) is 11.2 Å². The minimum Gasteiger partial charge on any atom is -0.496 e. The summed E-state index contributed by atoms with van der Waals surface area (Å²) in [5, 5.41) is 2.91. The van der Waals surface area contributed by atoms with E-state index in [0.717, 1.165) is 29.9 Å². The van der Waals surface area contributed by atoms with Gasteiger partial charge in [-0.2, -0.15) is 0 Å². The molecule has 0 radical (unpaired) electrons. The zero-order valence-electron chi connectivity index (χ0n) is 15.7.